The molecule has 2 aromatic heterocycles. The van der Waals surface area contributed by atoms with Gasteiger partial charge < -0.3 is 4.90 Å². The number of anilines is 1. The maximum absolute atomic E-state index is 12.5. The fraction of sp³-hybridized carbons (Fsp3) is 0.500. The molecule has 2 amide bonds. The number of thioether (sulfide) groups is 1. The van der Waals surface area contributed by atoms with Crippen LogP contribution in [0.1, 0.15) is 46.7 Å². The Morgan fingerprint density at radius 2 is 2.15 bits per heavy atom. The minimum Gasteiger partial charge on any atom is -0.336 e. The first-order valence-electron chi connectivity index (χ1n) is 9.14. The normalized spacial score (nSPS) is 17.0. The van der Waals surface area contributed by atoms with Crippen LogP contribution in [0.4, 0.5) is 5.13 Å². The molecule has 9 heteroatoms. The SMILES string of the molecule is O=C(Nc1nc2c(s1)CN(C(=O)CSC1CCCC1)CC2)c1cnccn1. The molecule has 0 spiro atoms. The smallest absolute Gasteiger partial charge is 0.277 e. The van der Waals surface area contributed by atoms with E-state index in [4.69, 9.17) is 0 Å². The van der Waals surface area contributed by atoms with Gasteiger partial charge in [-0.25, -0.2) is 9.97 Å². The Morgan fingerprint density at radius 1 is 1.30 bits per heavy atom. The van der Waals surface area contributed by atoms with Gasteiger partial charge in [-0.15, -0.1) is 11.8 Å². The Hall–Kier alpha value is -2.00. The number of carbonyl (C=O) groups excluding carboxylic acids is 2. The number of fused-ring (bicyclic) bond motifs is 1. The predicted octanol–water partition coefficient (Wildman–Crippen LogP) is 2.75. The zero-order chi connectivity index (χ0) is 18.6. The molecule has 0 saturated heterocycles. The van der Waals surface area contributed by atoms with E-state index in [0.717, 1.165) is 17.0 Å². The van der Waals surface area contributed by atoms with Crippen LogP contribution < -0.4 is 5.32 Å². The summed E-state index contributed by atoms with van der Waals surface area (Å²) in [7, 11) is 0. The second-order valence-electron chi connectivity index (χ2n) is 6.72. The van der Waals surface area contributed by atoms with Crippen LogP contribution in [-0.4, -0.2) is 49.2 Å². The number of hydrogen-bond acceptors (Lipinski definition) is 7. The van der Waals surface area contributed by atoms with Crippen LogP contribution in [0.25, 0.3) is 0 Å². The predicted molar refractivity (Wildman–Crippen MR) is 106 cm³/mol. The zero-order valence-electron chi connectivity index (χ0n) is 14.9. The van der Waals surface area contributed by atoms with Crippen LogP contribution in [0.15, 0.2) is 18.6 Å². The first-order valence-corrected chi connectivity index (χ1v) is 11.0. The Kier molecular flexibility index (Phi) is 5.68. The monoisotopic (exact) mass is 403 g/mol. The van der Waals surface area contributed by atoms with Crippen molar-refractivity contribution in [3.8, 4) is 0 Å². The van der Waals surface area contributed by atoms with Gasteiger partial charge in [0, 0.05) is 35.5 Å². The first-order chi connectivity index (χ1) is 13.2. The maximum atomic E-state index is 12.5. The van der Waals surface area contributed by atoms with Crippen molar-refractivity contribution in [1.82, 2.24) is 19.9 Å². The Morgan fingerprint density at radius 3 is 2.93 bits per heavy atom. The van der Waals surface area contributed by atoms with Crippen molar-refractivity contribution in [2.24, 2.45) is 0 Å². The van der Waals surface area contributed by atoms with Crippen molar-refractivity contribution in [3.05, 3.63) is 34.9 Å². The van der Waals surface area contributed by atoms with Gasteiger partial charge in [0.05, 0.1) is 24.2 Å². The molecule has 0 atom stereocenters. The zero-order valence-corrected chi connectivity index (χ0v) is 16.5. The van der Waals surface area contributed by atoms with Crippen LogP contribution in [0.3, 0.4) is 0 Å². The summed E-state index contributed by atoms with van der Waals surface area (Å²) < 4.78 is 0. The molecule has 7 nitrogen and oxygen atoms in total. The third-order valence-corrected chi connectivity index (χ3v) is 7.20. The van der Waals surface area contributed by atoms with Crippen LogP contribution in [0.2, 0.25) is 0 Å². The lowest BCUT2D eigenvalue weighted by Gasteiger charge is -2.26. The number of rotatable bonds is 5. The molecule has 4 rings (SSSR count). The van der Waals surface area contributed by atoms with E-state index in [1.807, 2.05) is 4.90 Å². The number of nitrogens with one attached hydrogen (secondary N) is 1. The lowest BCUT2D eigenvalue weighted by Crippen LogP contribution is -2.36. The van der Waals surface area contributed by atoms with E-state index in [2.05, 4.69) is 20.3 Å². The average Bonchev–Trinajstić information content (AvgIpc) is 3.35. The van der Waals surface area contributed by atoms with Crippen molar-refractivity contribution in [3.63, 3.8) is 0 Å². The second-order valence-corrected chi connectivity index (χ2v) is 9.09. The summed E-state index contributed by atoms with van der Waals surface area (Å²) in [4.78, 5) is 40.1. The molecule has 1 fully saturated rings. The summed E-state index contributed by atoms with van der Waals surface area (Å²) >= 11 is 3.24. The van der Waals surface area contributed by atoms with E-state index >= 15 is 0 Å². The number of nitrogens with zero attached hydrogens (tertiary/aromatic N) is 4. The van der Waals surface area contributed by atoms with Crippen molar-refractivity contribution in [1.29, 1.82) is 0 Å². The van der Waals surface area contributed by atoms with Crippen molar-refractivity contribution in [2.45, 2.75) is 43.9 Å². The van der Waals surface area contributed by atoms with Crippen LogP contribution in [0, 0.1) is 0 Å². The number of aromatic nitrogens is 3. The van der Waals surface area contributed by atoms with Crippen molar-refractivity contribution < 1.29 is 9.59 Å². The van der Waals surface area contributed by atoms with E-state index in [1.54, 1.807) is 11.8 Å². The van der Waals surface area contributed by atoms with E-state index in [1.165, 1.54) is 55.6 Å². The molecule has 2 aliphatic rings. The van der Waals surface area contributed by atoms with Gasteiger partial charge in [0.25, 0.3) is 5.91 Å². The van der Waals surface area contributed by atoms with Crippen molar-refractivity contribution in [2.75, 3.05) is 17.6 Å². The molecule has 142 valence electrons. The average molecular weight is 404 g/mol. The van der Waals surface area contributed by atoms with Gasteiger partial charge in [0.15, 0.2) is 5.13 Å². The number of hydrogen-bond donors (Lipinski definition) is 1. The lowest BCUT2D eigenvalue weighted by molar-refractivity contribution is -0.129. The summed E-state index contributed by atoms with van der Waals surface area (Å²) in [5.74, 6) is 0.445. The molecule has 1 aliphatic carbocycles. The van der Waals surface area contributed by atoms with Gasteiger partial charge in [-0.05, 0) is 12.8 Å². The van der Waals surface area contributed by atoms with Crippen LogP contribution in [0.5, 0.6) is 0 Å². The van der Waals surface area contributed by atoms with Gasteiger partial charge in [0.1, 0.15) is 5.69 Å². The number of amides is 2. The Balaban J connectivity index is 1.34. The van der Waals surface area contributed by atoms with Crippen LogP contribution >= 0.6 is 23.1 Å². The van der Waals surface area contributed by atoms with E-state index in [9.17, 15) is 9.59 Å². The van der Waals surface area contributed by atoms with E-state index < -0.39 is 0 Å². The number of carbonyl (C=O) groups is 2. The summed E-state index contributed by atoms with van der Waals surface area (Å²) in [5, 5.41) is 3.98. The largest absolute Gasteiger partial charge is 0.336 e. The van der Waals surface area contributed by atoms with E-state index in [0.29, 0.717) is 29.2 Å². The molecule has 0 aromatic carbocycles. The highest BCUT2D eigenvalue weighted by Crippen LogP contribution is 2.31. The summed E-state index contributed by atoms with van der Waals surface area (Å²) in [5.41, 5.74) is 1.23. The molecule has 0 radical (unpaired) electrons. The van der Waals surface area contributed by atoms with Gasteiger partial charge in [-0.2, -0.15) is 0 Å². The number of thiazole rings is 1. The van der Waals surface area contributed by atoms with Gasteiger partial charge in [0.2, 0.25) is 5.91 Å². The Bertz CT molecular complexity index is 820. The minimum atomic E-state index is -0.324. The third-order valence-electron chi connectivity index (χ3n) is 4.84. The van der Waals surface area contributed by atoms with Crippen molar-refractivity contribution >= 4 is 40.0 Å². The fourth-order valence-corrected chi connectivity index (χ4v) is 5.62. The quantitative estimate of drug-likeness (QED) is 0.826. The lowest BCUT2D eigenvalue weighted by atomic mass is 10.2. The molecule has 1 aliphatic heterocycles. The first kappa shape index (κ1) is 18.4. The topological polar surface area (TPSA) is 88.1 Å². The van der Waals surface area contributed by atoms with Crippen LogP contribution in [-0.2, 0) is 17.8 Å². The summed E-state index contributed by atoms with van der Waals surface area (Å²) in [6.07, 6.45) is 10.2. The molecule has 0 bridgehead atoms. The van der Waals surface area contributed by atoms with Gasteiger partial charge >= 0.3 is 0 Å². The molecule has 1 saturated carbocycles. The highest BCUT2D eigenvalue weighted by molar-refractivity contribution is 8.00. The van der Waals surface area contributed by atoms with Gasteiger partial charge in [-0.3, -0.25) is 19.9 Å². The van der Waals surface area contributed by atoms with Gasteiger partial charge in [-0.1, -0.05) is 24.2 Å². The highest BCUT2D eigenvalue weighted by Gasteiger charge is 2.26. The molecular weight excluding hydrogens is 382 g/mol. The minimum absolute atomic E-state index is 0.205. The van der Waals surface area contributed by atoms with E-state index in [-0.39, 0.29) is 17.5 Å². The highest BCUT2D eigenvalue weighted by atomic mass is 32.2. The second kappa shape index (κ2) is 8.35. The molecule has 1 N–H and O–H groups in total. The molecule has 0 unspecified atom stereocenters. The fourth-order valence-electron chi connectivity index (χ4n) is 3.37. The standard InChI is InChI=1S/C18H21N5O2S2/c24-16(11-26-12-3-1-2-4-12)23-8-5-13-15(10-23)27-18(21-13)22-17(25)14-9-19-6-7-20-14/h6-7,9,12H,1-5,8,10-11H2,(H,21,22,25). The maximum Gasteiger partial charge on any atom is 0.277 e. The summed E-state index contributed by atoms with van der Waals surface area (Å²) in [6.45, 7) is 1.27. The third kappa shape index (κ3) is 4.47. The summed E-state index contributed by atoms with van der Waals surface area (Å²) in [6, 6.07) is 0. The molecule has 27 heavy (non-hydrogen) atoms. The molecule has 3 heterocycles. The molecular formula is C18H21N5O2S2. The molecule has 2 aromatic rings. The Labute approximate surface area is 166 Å².